The number of sulfonamides is 1. The molecule has 30 heavy (non-hydrogen) atoms. The minimum Gasteiger partial charge on any atom is -0.253 e. The van der Waals surface area contributed by atoms with Crippen molar-refractivity contribution < 1.29 is 12.8 Å². The predicted molar refractivity (Wildman–Crippen MR) is 118 cm³/mol. The van der Waals surface area contributed by atoms with Gasteiger partial charge in [-0.15, -0.1) is 11.3 Å². The van der Waals surface area contributed by atoms with E-state index in [-0.39, 0.29) is 5.82 Å². The van der Waals surface area contributed by atoms with Crippen molar-refractivity contribution in [3.8, 4) is 11.3 Å². The van der Waals surface area contributed by atoms with Crippen molar-refractivity contribution in [2.45, 2.75) is 24.2 Å². The summed E-state index contributed by atoms with van der Waals surface area (Å²) in [5, 5.41) is 6.44. The molecule has 0 aliphatic carbocycles. The number of halogens is 1. The molecule has 2 aromatic carbocycles. The van der Waals surface area contributed by atoms with Gasteiger partial charge in [0, 0.05) is 29.6 Å². The zero-order chi connectivity index (χ0) is 21.0. The lowest BCUT2D eigenvalue weighted by Crippen LogP contribution is -2.35. The minimum atomic E-state index is -3.44. The number of hydrazone groups is 1. The van der Waals surface area contributed by atoms with Gasteiger partial charge in [0.05, 0.1) is 16.8 Å². The van der Waals surface area contributed by atoms with Gasteiger partial charge in [-0.2, -0.15) is 9.41 Å². The predicted octanol–water partition coefficient (Wildman–Crippen LogP) is 4.57. The number of nitrogens with one attached hydrogen (secondary N) is 1. The molecule has 2 heterocycles. The number of anilines is 1. The highest BCUT2D eigenvalue weighted by Crippen LogP contribution is 2.27. The number of piperidine rings is 1. The van der Waals surface area contributed by atoms with Gasteiger partial charge < -0.3 is 0 Å². The maximum Gasteiger partial charge on any atom is 0.243 e. The van der Waals surface area contributed by atoms with Gasteiger partial charge in [0.2, 0.25) is 15.2 Å². The first-order valence-electron chi connectivity index (χ1n) is 9.64. The third kappa shape index (κ3) is 4.58. The van der Waals surface area contributed by atoms with Gasteiger partial charge in [-0.1, -0.05) is 36.8 Å². The molecule has 1 aliphatic heterocycles. The fourth-order valence-corrected chi connectivity index (χ4v) is 5.43. The summed E-state index contributed by atoms with van der Waals surface area (Å²) in [4.78, 5) is 4.76. The lowest BCUT2D eigenvalue weighted by Gasteiger charge is -2.25. The largest absolute Gasteiger partial charge is 0.253 e. The van der Waals surface area contributed by atoms with Crippen molar-refractivity contribution in [1.29, 1.82) is 0 Å². The van der Waals surface area contributed by atoms with Crippen LogP contribution < -0.4 is 5.43 Å². The van der Waals surface area contributed by atoms with E-state index in [1.54, 1.807) is 46.8 Å². The minimum absolute atomic E-state index is 0.302. The molecule has 6 nitrogen and oxygen atoms in total. The Labute approximate surface area is 179 Å². The van der Waals surface area contributed by atoms with Gasteiger partial charge in [0.25, 0.3) is 0 Å². The van der Waals surface area contributed by atoms with Crippen LogP contribution in [-0.4, -0.2) is 37.0 Å². The van der Waals surface area contributed by atoms with Gasteiger partial charge in [0.1, 0.15) is 5.82 Å². The molecule has 0 amide bonds. The average molecular weight is 445 g/mol. The number of hydrogen-bond donors (Lipinski definition) is 1. The molecule has 0 radical (unpaired) electrons. The Morgan fingerprint density at radius 2 is 1.80 bits per heavy atom. The Morgan fingerprint density at radius 3 is 2.53 bits per heavy atom. The Kier molecular flexibility index (Phi) is 6.21. The van der Waals surface area contributed by atoms with Crippen LogP contribution in [0.2, 0.25) is 0 Å². The van der Waals surface area contributed by atoms with Crippen LogP contribution in [0.1, 0.15) is 24.8 Å². The summed E-state index contributed by atoms with van der Waals surface area (Å²) in [5.74, 6) is -0.345. The molecule has 9 heteroatoms. The van der Waals surface area contributed by atoms with Crippen LogP contribution in [-0.2, 0) is 10.0 Å². The maximum absolute atomic E-state index is 13.6. The van der Waals surface area contributed by atoms with Crippen molar-refractivity contribution >= 4 is 32.7 Å². The summed E-state index contributed by atoms with van der Waals surface area (Å²) < 4.78 is 40.7. The second-order valence-corrected chi connectivity index (χ2v) is 9.71. The molecule has 3 aromatic rings. The molecule has 1 fully saturated rings. The van der Waals surface area contributed by atoms with E-state index in [0.29, 0.717) is 34.4 Å². The fraction of sp³-hybridized carbons (Fsp3) is 0.238. The van der Waals surface area contributed by atoms with E-state index in [0.717, 1.165) is 24.8 Å². The highest BCUT2D eigenvalue weighted by molar-refractivity contribution is 7.89. The highest BCUT2D eigenvalue weighted by Gasteiger charge is 2.25. The van der Waals surface area contributed by atoms with Gasteiger partial charge in [-0.05, 0) is 31.0 Å². The summed E-state index contributed by atoms with van der Waals surface area (Å²) in [6.45, 7) is 1.16. The van der Waals surface area contributed by atoms with E-state index in [1.165, 1.54) is 23.6 Å². The fourth-order valence-electron chi connectivity index (χ4n) is 3.25. The van der Waals surface area contributed by atoms with Crippen LogP contribution in [0, 0.1) is 5.82 Å². The van der Waals surface area contributed by atoms with E-state index in [4.69, 9.17) is 0 Å². The van der Waals surface area contributed by atoms with E-state index in [2.05, 4.69) is 15.5 Å². The molecule has 1 N–H and O–H groups in total. The van der Waals surface area contributed by atoms with Crippen LogP contribution >= 0.6 is 11.3 Å². The quantitative estimate of drug-likeness (QED) is 0.446. The Balaban J connectivity index is 1.44. The molecule has 1 aromatic heterocycles. The second kappa shape index (κ2) is 9.03. The summed E-state index contributed by atoms with van der Waals surface area (Å²) in [5.41, 5.74) is 4.71. The number of thiazole rings is 1. The van der Waals surface area contributed by atoms with Crippen molar-refractivity contribution in [2.75, 3.05) is 18.5 Å². The van der Waals surface area contributed by atoms with Crippen LogP contribution in [0.25, 0.3) is 11.3 Å². The van der Waals surface area contributed by atoms with Gasteiger partial charge in [-0.3, -0.25) is 5.43 Å². The molecule has 0 unspecified atom stereocenters. The zero-order valence-electron chi connectivity index (χ0n) is 16.2. The van der Waals surface area contributed by atoms with Crippen LogP contribution in [0.4, 0.5) is 9.52 Å². The second-order valence-electron chi connectivity index (χ2n) is 6.92. The molecular weight excluding hydrogens is 423 g/mol. The van der Waals surface area contributed by atoms with Gasteiger partial charge in [-0.25, -0.2) is 17.8 Å². The van der Waals surface area contributed by atoms with Gasteiger partial charge >= 0.3 is 0 Å². The standard InChI is InChI=1S/C21H21FN4O2S2/c22-19-7-3-2-6-17(19)14-23-25-21-24-20(15-29-21)16-8-10-18(11-9-16)30(27,28)26-12-4-1-5-13-26/h2-3,6-11,14-15H,1,4-5,12-13H2,(H,24,25)/b23-14+. The highest BCUT2D eigenvalue weighted by atomic mass is 32.2. The molecule has 0 atom stereocenters. The van der Waals surface area contributed by atoms with E-state index in [9.17, 15) is 12.8 Å². The summed E-state index contributed by atoms with van der Waals surface area (Å²) >= 11 is 1.36. The van der Waals surface area contributed by atoms with E-state index >= 15 is 0 Å². The number of benzene rings is 2. The monoisotopic (exact) mass is 444 g/mol. The van der Waals surface area contributed by atoms with E-state index in [1.807, 2.05) is 5.38 Å². The smallest absolute Gasteiger partial charge is 0.243 e. The summed E-state index contributed by atoms with van der Waals surface area (Å²) in [7, 11) is -3.44. The third-order valence-corrected chi connectivity index (χ3v) is 7.54. The van der Waals surface area contributed by atoms with Crippen molar-refractivity contribution in [2.24, 2.45) is 5.10 Å². The SMILES string of the molecule is O=S(=O)(c1ccc(-c2csc(N/N=C/c3ccccc3F)n2)cc1)N1CCCCC1. The Hall–Kier alpha value is -2.62. The lowest BCUT2D eigenvalue weighted by atomic mass is 10.2. The van der Waals surface area contributed by atoms with E-state index < -0.39 is 10.0 Å². The van der Waals surface area contributed by atoms with Crippen LogP contribution in [0.3, 0.4) is 0 Å². The van der Waals surface area contributed by atoms with Crippen molar-refractivity contribution in [1.82, 2.24) is 9.29 Å². The first kappa shape index (κ1) is 20.6. The van der Waals surface area contributed by atoms with Gasteiger partial charge in [0.15, 0.2) is 0 Å². The molecular formula is C21H21FN4O2S2. The molecule has 1 aliphatic rings. The number of aromatic nitrogens is 1. The topological polar surface area (TPSA) is 74.7 Å². The Bertz CT molecular complexity index is 1140. The molecule has 0 spiro atoms. The van der Waals surface area contributed by atoms with Crippen LogP contribution in [0.15, 0.2) is 63.9 Å². The third-order valence-electron chi connectivity index (χ3n) is 4.88. The summed E-state index contributed by atoms with van der Waals surface area (Å²) in [6, 6.07) is 13.1. The molecule has 0 bridgehead atoms. The number of hydrogen-bond acceptors (Lipinski definition) is 6. The normalized spacial score (nSPS) is 15.5. The van der Waals surface area contributed by atoms with Crippen LogP contribution in [0.5, 0.6) is 0 Å². The first-order valence-corrected chi connectivity index (χ1v) is 12.0. The first-order chi connectivity index (χ1) is 14.5. The molecule has 0 saturated carbocycles. The molecule has 1 saturated heterocycles. The van der Waals surface area contributed by atoms with Crippen molar-refractivity contribution in [3.05, 3.63) is 65.3 Å². The molecule has 4 rings (SSSR count). The Morgan fingerprint density at radius 1 is 1.07 bits per heavy atom. The maximum atomic E-state index is 13.6. The summed E-state index contributed by atoms with van der Waals surface area (Å²) in [6.07, 6.45) is 4.29. The molecule has 156 valence electrons. The zero-order valence-corrected chi connectivity index (χ0v) is 17.8. The number of nitrogens with zero attached hydrogens (tertiary/aromatic N) is 3. The van der Waals surface area contributed by atoms with Crippen molar-refractivity contribution in [3.63, 3.8) is 0 Å². The lowest BCUT2D eigenvalue weighted by molar-refractivity contribution is 0.346. The number of rotatable bonds is 6. The average Bonchev–Trinajstić information content (AvgIpc) is 3.25.